The van der Waals surface area contributed by atoms with Crippen molar-refractivity contribution in [3.8, 4) is 5.75 Å². The molecule has 3 nitrogen and oxygen atoms in total. The van der Waals surface area contributed by atoms with Crippen molar-refractivity contribution in [2.75, 3.05) is 18.7 Å². The van der Waals surface area contributed by atoms with Crippen LogP contribution in [0.25, 0.3) is 0 Å². The van der Waals surface area contributed by atoms with Crippen LogP contribution in [0.15, 0.2) is 12.1 Å². The Morgan fingerprint density at radius 1 is 1.39 bits per heavy atom. The number of benzene rings is 1. The summed E-state index contributed by atoms with van der Waals surface area (Å²) in [6.07, 6.45) is 1.89. The van der Waals surface area contributed by atoms with Crippen LogP contribution in [0.5, 0.6) is 5.75 Å². The lowest BCUT2D eigenvalue weighted by Crippen LogP contribution is -2.08. The highest BCUT2D eigenvalue weighted by Gasteiger charge is 2.11. The van der Waals surface area contributed by atoms with Gasteiger partial charge < -0.3 is 10.1 Å². The van der Waals surface area contributed by atoms with Gasteiger partial charge in [0, 0.05) is 5.69 Å². The molecule has 0 spiro atoms. The third-order valence-corrected chi connectivity index (χ3v) is 3.16. The fourth-order valence-corrected chi connectivity index (χ4v) is 1.85. The lowest BCUT2D eigenvalue weighted by molar-refractivity contribution is 0.407. The van der Waals surface area contributed by atoms with E-state index in [0.717, 1.165) is 22.6 Å². The number of nitrogens with one attached hydrogen (secondary N) is 2. The van der Waals surface area contributed by atoms with Gasteiger partial charge in [-0.3, -0.25) is 5.41 Å². The summed E-state index contributed by atoms with van der Waals surface area (Å²) >= 11 is 1.39. The van der Waals surface area contributed by atoms with Crippen molar-refractivity contribution in [1.29, 1.82) is 5.41 Å². The lowest BCUT2D eigenvalue weighted by Gasteiger charge is -2.17. The van der Waals surface area contributed by atoms with Crippen LogP contribution < -0.4 is 10.1 Å². The number of methoxy groups -OCH3 is 1. The van der Waals surface area contributed by atoms with Gasteiger partial charge in [0.1, 0.15) is 5.75 Å². The minimum Gasteiger partial charge on any atom is -0.496 e. The first kappa shape index (κ1) is 17.6. The van der Waals surface area contributed by atoms with E-state index in [1.165, 1.54) is 11.8 Å². The number of amidine groups is 1. The molecule has 0 aliphatic carbocycles. The SMILES string of the molecule is COc1cc(C)c(NC(=N)SC)cc1C(C)C.I. The number of hydrogen-bond donors (Lipinski definition) is 2. The largest absolute Gasteiger partial charge is 0.496 e. The summed E-state index contributed by atoms with van der Waals surface area (Å²) in [5, 5.41) is 11.2. The highest BCUT2D eigenvalue weighted by atomic mass is 127. The van der Waals surface area contributed by atoms with Crippen LogP contribution in [0.1, 0.15) is 30.9 Å². The Morgan fingerprint density at radius 2 is 2.00 bits per heavy atom. The van der Waals surface area contributed by atoms with Gasteiger partial charge in [-0.05, 0) is 42.4 Å². The molecule has 18 heavy (non-hydrogen) atoms. The molecule has 0 saturated carbocycles. The second-order valence-corrected chi connectivity index (χ2v) is 5.04. The third kappa shape index (κ3) is 4.35. The minimum absolute atomic E-state index is 0. The van der Waals surface area contributed by atoms with Crippen molar-refractivity contribution in [3.05, 3.63) is 23.3 Å². The zero-order valence-corrected chi connectivity index (χ0v) is 14.6. The second-order valence-electron chi connectivity index (χ2n) is 4.22. The highest BCUT2D eigenvalue weighted by Crippen LogP contribution is 2.32. The van der Waals surface area contributed by atoms with E-state index < -0.39 is 0 Å². The van der Waals surface area contributed by atoms with Crippen molar-refractivity contribution in [2.24, 2.45) is 0 Å². The zero-order chi connectivity index (χ0) is 13.0. The topological polar surface area (TPSA) is 45.1 Å². The Kier molecular flexibility index (Phi) is 7.70. The summed E-state index contributed by atoms with van der Waals surface area (Å²) in [6, 6.07) is 4.09. The summed E-state index contributed by atoms with van der Waals surface area (Å²) < 4.78 is 5.39. The molecule has 2 N–H and O–H groups in total. The van der Waals surface area contributed by atoms with E-state index in [0.29, 0.717) is 11.1 Å². The van der Waals surface area contributed by atoms with E-state index in [1.807, 2.05) is 19.2 Å². The molecule has 0 amide bonds. The maximum absolute atomic E-state index is 7.67. The Morgan fingerprint density at radius 3 is 2.44 bits per heavy atom. The van der Waals surface area contributed by atoms with Crippen molar-refractivity contribution in [2.45, 2.75) is 26.7 Å². The molecule has 0 heterocycles. The highest BCUT2D eigenvalue weighted by molar-refractivity contribution is 14.0. The van der Waals surface area contributed by atoms with E-state index in [9.17, 15) is 0 Å². The molecular formula is C13H21IN2OS. The summed E-state index contributed by atoms with van der Waals surface area (Å²) in [5.74, 6) is 1.31. The summed E-state index contributed by atoms with van der Waals surface area (Å²) in [6.45, 7) is 6.29. The molecule has 0 saturated heterocycles. The Hall–Kier alpha value is -0.430. The van der Waals surface area contributed by atoms with E-state index >= 15 is 0 Å². The van der Waals surface area contributed by atoms with Gasteiger partial charge in [-0.2, -0.15) is 0 Å². The van der Waals surface area contributed by atoms with Gasteiger partial charge in [-0.25, -0.2) is 0 Å². The second kappa shape index (κ2) is 7.89. The molecule has 102 valence electrons. The smallest absolute Gasteiger partial charge is 0.157 e. The first-order chi connectivity index (χ1) is 7.99. The quantitative estimate of drug-likeness (QED) is 0.463. The number of aryl methyl sites for hydroxylation is 1. The molecule has 0 atom stereocenters. The predicted octanol–water partition coefficient (Wildman–Crippen LogP) is 4.45. The van der Waals surface area contributed by atoms with E-state index in [4.69, 9.17) is 10.1 Å². The van der Waals surface area contributed by atoms with Crippen LogP contribution in [0.4, 0.5) is 5.69 Å². The maximum atomic E-state index is 7.67. The molecule has 0 aromatic heterocycles. The van der Waals surface area contributed by atoms with Gasteiger partial charge in [-0.1, -0.05) is 25.6 Å². The molecule has 0 radical (unpaired) electrons. The van der Waals surface area contributed by atoms with E-state index in [-0.39, 0.29) is 24.0 Å². The van der Waals surface area contributed by atoms with Crippen molar-refractivity contribution in [3.63, 3.8) is 0 Å². The van der Waals surface area contributed by atoms with Gasteiger partial charge in [0.25, 0.3) is 0 Å². The molecule has 0 aliphatic rings. The van der Waals surface area contributed by atoms with E-state index in [1.54, 1.807) is 7.11 Å². The molecule has 0 fully saturated rings. The molecule has 1 aromatic rings. The summed E-state index contributed by atoms with van der Waals surface area (Å²) in [5.41, 5.74) is 3.23. The lowest BCUT2D eigenvalue weighted by atomic mass is 9.99. The Labute approximate surface area is 131 Å². The average Bonchev–Trinajstić information content (AvgIpc) is 2.30. The molecule has 0 aliphatic heterocycles. The number of rotatable bonds is 3. The van der Waals surface area contributed by atoms with Gasteiger partial charge >= 0.3 is 0 Å². The standard InChI is InChI=1S/C13H20N2OS.HI/c1-8(2)10-7-11(15-13(14)17-5)9(3)6-12(10)16-4;/h6-8H,1-5H3,(H2,14,15);1H. The third-order valence-electron chi connectivity index (χ3n) is 2.65. The summed E-state index contributed by atoms with van der Waals surface area (Å²) in [4.78, 5) is 0. The number of ether oxygens (including phenoxy) is 1. The van der Waals surface area contributed by atoms with Crippen LogP contribution in [0, 0.1) is 12.3 Å². The van der Waals surface area contributed by atoms with Crippen LogP contribution in [0.3, 0.4) is 0 Å². The van der Waals surface area contributed by atoms with Crippen LogP contribution in [0.2, 0.25) is 0 Å². The van der Waals surface area contributed by atoms with Gasteiger partial charge in [0.15, 0.2) is 5.17 Å². The molecule has 1 aromatic carbocycles. The maximum Gasteiger partial charge on any atom is 0.157 e. The molecule has 0 bridgehead atoms. The molecule has 1 rings (SSSR count). The van der Waals surface area contributed by atoms with Gasteiger partial charge in [-0.15, -0.1) is 24.0 Å². The number of thioether (sulfide) groups is 1. The van der Waals surface area contributed by atoms with Crippen molar-refractivity contribution >= 4 is 46.6 Å². The van der Waals surface area contributed by atoms with Crippen LogP contribution in [-0.4, -0.2) is 18.5 Å². The van der Waals surface area contributed by atoms with Gasteiger partial charge in [0.2, 0.25) is 0 Å². The first-order valence-corrected chi connectivity index (χ1v) is 6.80. The number of halogens is 1. The number of anilines is 1. The number of hydrogen-bond acceptors (Lipinski definition) is 3. The predicted molar refractivity (Wildman–Crippen MR) is 92.1 cm³/mol. The fraction of sp³-hybridized carbons (Fsp3) is 0.462. The molecule has 5 heteroatoms. The van der Waals surface area contributed by atoms with Crippen LogP contribution in [-0.2, 0) is 0 Å². The Bertz CT molecular complexity index is 422. The fourth-order valence-electron chi connectivity index (χ4n) is 1.63. The molecular weight excluding hydrogens is 359 g/mol. The monoisotopic (exact) mass is 380 g/mol. The minimum atomic E-state index is 0. The van der Waals surface area contributed by atoms with Crippen molar-refractivity contribution in [1.82, 2.24) is 0 Å². The first-order valence-electron chi connectivity index (χ1n) is 5.57. The molecule has 0 unspecified atom stereocenters. The Balaban J connectivity index is 0.00000289. The van der Waals surface area contributed by atoms with Crippen LogP contribution >= 0.6 is 35.7 Å². The van der Waals surface area contributed by atoms with Crippen molar-refractivity contribution < 1.29 is 4.74 Å². The van der Waals surface area contributed by atoms with E-state index in [2.05, 4.69) is 25.2 Å². The average molecular weight is 380 g/mol. The van der Waals surface area contributed by atoms with Gasteiger partial charge in [0.05, 0.1) is 7.11 Å². The zero-order valence-electron chi connectivity index (χ0n) is 11.5. The summed E-state index contributed by atoms with van der Waals surface area (Å²) in [7, 11) is 1.69. The normalized spacial score (nSPS) is 9.89.